The zero-order valence-electron chi connectivity index (χ0n) is 11.8. The molecule has 4 atom stereocenters. The fraction of sp³-hybridized carbons (Fsp3) is 0.625. The zero-order chi connectivity index (χ0) is 13.5. The molecular formula is C16H21NO3. The molecule has 1 aromatic carbocycles. The standard InChI is InChI=1S/C16H21NO3/c1-10(17-13-9-12-3-5-14(13)20-12)11-2-4-15-16(8-11)19-7-6-18-15/h2,4,8,10,12-14,17H,3,5-7,9H2,1H3. The molecule has 0 radical (unpaired) electrons. The maximum Gasteiger partial charge on any atom is 0.161 e. The molecule has 4 heteroatoms. The summed E-state index contributed by atoms with van der Waals surface area (Å²) in [4.78, 5) is 0. The maximum absolute atomic E-state index is 5.90. The van der Waals surface area contributed by atoms with Crippen LogP contribution in [0.2, 0.25) is 0 Å². The van der Waals surface area contributed by atoms with Crippen LogP contribution < -0.4 is 14.8 Å². The molecular weight excluding hydrogens is 254 g/mol. The first kappa shape index (κ1) is 12.5. The molecule has 4 rings (SSSR count). The predicted octanol–water partition coefficient (Wildman–Crippen LogP) is 2.43. The number of hydrogen-bond acceptors (Lipinski definition) is 4. The van der Waals surface area contributed by atoms with Crippen LogP contribution in [0.4, 0.5) is 0 Å². The number of nitrogens with one attached hydrogen (secondary N) is 1. The molecule has 3 aliphatic rings. The quantitative estimate of drug-likeness (QED) is 0.919. The van der Waals surface area contributed by atoms with E-state index in [4.69, 9.17) is 14.2 Å². The van der Waals surface area contributed by atoms with Gasteiger partial charge in [-0.05, 0) is 43.9 Å². The summed E-state index contributed by atoms with van der Waals surface area (Å²) in [6.07, 6.45) is 4.50. The van der Waals surface area contributed by atoms with Crippen molar-refractivity contribution >= 4 is 0 Å². The SMILES string of the molecule is CC(NC1CC2CCC1O2)c1ccc2c(c1)OCCO2. The first-order valence-corrected chi connectivity index (χ1v) is 7.60. The lowest BCUT2D eigenvalue weighted by Gasteiger charge is -2.26. The average Bonchev–Trinajstić information content (AvgIpc) is 3.09. The monoisotopic (exact) mass is 275 g/mol. The lowest BCUT2D eigenvalue weighted by atomic mass is 9.94. The highest BCUT2D eigenvalue weighted by atomic mass is 16.6. The van der Waals surface area contributed by atoms with E-state index in [1.807, 2.05) is 6.07 Å². The van der Waals surface area contributed by atoms with Crippen LogP contribution in [0.5, 0.6) is 11.5 Å². The van der Waals surface area contributed by atoms with Crippen molar-refractivity contribution in [1.29, 1.82) is 0 Å². The Bertz CT molecular complexity index is 504. The number of fused-ring (bicyclic) bond motifs is 3. The Morgan fingerprint density at radius 1 is 1.15 bits per heavy atom. The summed E-state index contributed by atoms with van der Waals surface area (Å²) in [7, 11) is 0. The van der Waals surface area contributed by atoms with Gasteiger partial charge in [0.05, 0.1) is 12.2 Å². The maximum atomic E-state index is 5.90. The van der Waals surface area contributed by atoms with Gasteiger partial charge in [-0.1, -0.05) is 6.07 Å². The van der Waals surface area contributed by atoms with Gasteiger partial charge in [-0.25, -0.2) is 0 Å². The van der Waals surface area contributed by atoms with Gasteiger partial charge >= 0.3 is 0 Å². The van der Waals surface area contributed by atoms with E-state index in [2.05, 4.69) is 24.4 Å². The summed E-state index contributed by atoms with van der Waals surface area (Å²) in [6, 6.07) is 7.04. The Morgan fingerprint density at radius 2 is 2.00 bits per heavy atom. The highest BCUT2D eigenvalue weighted by molar-refractivity contribution is 5.44. The molecule has 0 spiro atoms. The first-order chi connectivity index (χ1) is 9.79. The normalized spacial score (nSPS) is 32.4. The summed E-state index contributed by atoms with van der Waals surface area (Å²) < 4.78 is 17.1. The zero-order valence-corrected chi connectivity index (χ0v) is 11.8. The van der Waals surface area contributed by atoms with Crippen LogP contribution in [0.3, 0.4) is 0 Å². The summed E-state index contributed by atoms with van der Waals surface area (Å²) >= 11 is 0. The summed E-state index contributed by atoms with van der Waals surface area (Å²) in [6.45, 7) is 3.48. The van der Waals surface area contributed by atoms with Gasteiger partial charge in [-0.3, -0.25) is 0 Å². The Morgan fingerprint density at radius 3 is 2.75 bits per heavy atom. The van der Waals surface area contributed by atoms with Gasteiger partial charge < -0.3 is 19.5 Å². The minimum Gasteiger partial charge on any atom is -0.486 e. The molecule has 20 heavy (non-hydrogen) atoms. The topological polar surface area (TPSA) is 39.7 Å². The van der Waals surface area contributed by atoms with E-state index in [1.54, 1.807) is 0 Å². The molecule has 2 bridgehead atoms. The second-order valence-electron chi connectivity index (χ2n) is 6.01. The fourth-order valence-electron chi connectivity index (χ4n) is 3.56. The lowest BCUT2D eigenvalue weighted by molar-refractivity contribution is 0.0962. The van der Waals surface area contributed by atoms with Crippen LogP contribution in [0.25, 0.3) is 0 Å². The molecule has 2 fully saturated rings. The third-order valence-corrected chi connectivity index (χ3v) is 4.64. The third-order valence-electron chi connectivity index (χ3n) is 4.64. The minimum absolute atomic E-state index is 0.304. The Balaban J connectivity index is 1.46. The smallest absolute Gasteiger partial charge is 0.161 e. The van der Waals surface area contributed by atoms with Crippen molar-refractivity contribution < 1.29 is 14.2 Å². The van der Waals surface area contributed by atoms with Crippen LogP contribution in [0.15, 0.2) is 18.2 Å². The van der Waals surface area contributed by atoms with E-state index >= 15 is 0 Å². The largest absolute Gasteiger partial charge is 0.486 e. The molecule has 0 amide bonds. The van der Waals surface area contributed by atoms with E-state index in [9.17, 15) is 0 Å². The predicted molar refractivity (Wildman–Crippen MR) is 75.3 cm³/mol. The van der Waals surface area contributed by atoms with Crippen molar-refractivity contribution in [1.82, 2.24) is 5.32 Å². The number of hydrogen-bond donors (Lipinski definition) is 1. The van der Waals surface area contributed by atoms with Gasteiger partial charge in [0, 0.05) is 12.1 Å². The molecule has 0 saturated carbocycles. The van der Waals surface area contributed by atoms with Crippen molar-refractivity contribution in [2.24, 2.45) is 0 Å². The second kappa shape index (κ2) is 4.93. The Labute approximate surface area is 119 Å². The van der Waals surface area contributed by atoms with Crippen molar-refractivity contribution in [3.63, 3.8) is 0 Å². The highest BCUT2D eigenvalue weighted by Gasteiger charge is 2.41. The molecule has 3 aliphatic heterocycles. The van der Waals surface area contributed by atoms with Crippen molar-refractivity contribution in [3.8, 4) is 11.5 Å². The third kappa shape index (κ3) is 2.17. The summed E-state index contributed by atoms with van der Waals surface area (Å²) in [5.74, 6) is 1.72. The van der Waals surface area contributed by atoms with Gasteiger partial charge in [0.2, 0.25) is 0 Å². The van der Waals surface area contributed by atoms with Crippen molar-refractivity contribution in [2.75, 3.05) is 13.2 Å². The van der Waals surface area contributed by atoms with E-state index in [-0.39, 0.29) is 0 Å². The molecule has 3 heterocycles. The van der Waals surface area contributed by atoms with Crippen LogP contribution >= 0.6 is 0 Å². The van der Waals surface area contributed by atoms with E-state index < -0.39 is 0 Å². The fourth-order valence-corrected chi connectivity index (χ4v) is 3.56. The molecule has 108 valence electrons. The van der Waals surface area contributed by atoms with Gasteiger partial charge in [-0.15, -0.1) is 0 Å². The van der Waals surface area contributed by atoms with Gasteiger partial charge in [0.1, 0.15) is 13.2 Å². The van der Waals surface area contributed by atoms with E-state index in [1.165, 1.54) is 18.4 Å². The molecule has 4 nitrogen and oxygen atoms in total. The summed E-state index contributed by atoms with van der Waals surface area (Å²) in [5, 5.41) is 3.71. The Kier molecular flexibility index (Phi) is 3.08. The summed E-state index contributed by atoms with van der Waals surface area (Å²) in [5.41, 5.74) is 1.25. The highest BCUT2D eigenvalue weighted by Crippen LogP contribution is 2.36. The van der Waals surface area contributed by atoms with Crippen LogP contribution in [-0.4, -0.2) is 31.5 Å². The van der Waals surface area contributed by atoms with E-state index in [0.717, 1.165) is 17.9 Å². The van der Waals surface area contributed by atoms with Gasteiger partial charge in [-0.2, -0.15) is 0 Å². The average molecular weight is 275 g/mol. The van der Waals surface area contributed by atoms with Gasteiger partial charge in [0.25, 0.3) is 0 Å². The molecule has 0 aromatic heterocycles. The first-order valence-electron chi connectivity index (χ1n) is 7.60. The molecule has 4 unspecified atom stereocenters. The number of benzene rings is 1. The molecule has 1 N–H and O–H groups in total. The minimum atomic E-state index is 0.304. The molecule has 2 saturated heterocycles. The van der Waals surface area contributed by atoms with Crippen molar-refractivity contribution in [2.45, 2.75) is 50.5 Å². The van der Waals surface area contributed by atoms with Crippen LogP contribution in [-0.2, 0) is 4.74 Å². The number of ether oxygens (including phenoxy) is 3. The van der Waals surface area contributed by atoms with Crippen LogP contribution in [0, 0.1) is 0 Å². The molecule has 1 aromatic rings. The molecule has 0 aliphatic carbocycles. The Hall–Kier alpha value is -1.26. The van der Waals surface area contributed by atoms with Gasteiger partial charge in [0.15, 0.2) is 11.5 Å². The number of rotatable bonds is 3. The lowest BCUT2D eigenvalue weighted by Crippen LogP contribution is -2.39. The second-order valence-corrected chi connectivity index (χ2v) is 6.01. The van der Waals surface area contributed by atoms with Crippen LogP contribution in [0.1, 0.15) is 37.8 Å². The van der Waals surface area contributed by atoms with E-state index in [0.29, 0.717) is 37.5 Å². The van der Waals surface area contributed by atoms with Crippen molar-refractivity contribution in [3.05, 3.63) is 23.8 Å².